The van der Waals surface area contributed by atoms with Gasteiger partial charge >= 0.3 is 0 Å². The number of rotatable bonds is 7. The van der Waals surface area contributed by atoms with Crippen molar-refractivity contribution in [1.82, 2.24) is 9.21 Å². The van der Waals surface area contributed by atoms with Gasteiger partial charge in [-0.1, -0.05) is 6.92 Å². The Labute approximate surface area is 145 Å². The molecule has 0 N–H and O–H groups in total. The fourth-order valence-corrected chi connectivity index (χ4v) is 5.94. The molecule has 0 aromatic carbocycles. The molecule has 1 aromatic rings. The first-order valence-corrected chi connectivity index (χ1v) is 10.2. The van der Waals surface area contributed by atoms with E-state index in [0.29, 0.717) is 19.3 Å². The molecule has 1 unspecified atom stereocenters. The van der Waals surface area contributed by atoms with Crippen molar-refractivity contribution in [3.05, 3.63) is 17.0 Å². The third kappa shape index (κ3) is 4.12. The zero-order valence-corrected chi connectivity index (χ0v) is 15.4. The lowest BCUT2D eigenvalue weighted by Gasteiger charge is -2.29. The first-order chi connectivity index (χ1) is 11.3. The van der Waals surface area contributed by atoms with Crippen LogP contribution in [0.5, 0.6) is 0 Å². The highest BCUT2D eigenvalue weighted by Gasteiger charge is 2.41. The van der Waals surface area contributed by atoms with E-state index in [1.54, 1.807) is 13.0 Å². The molecule has 1 saturated heterocycles. The molecule has 2 heterocycles. The van der Waals surface area contributed by atoms with Gasteiger partial charge in [0.2, 0.25) is 5.91 Å². The molecule has 136 valence electrons. The third-order valence-electron chi connectivity index (χ3n) is 3.93. The fraction of sp³-hybridized carbons (Fsp3) is 0.667. The van der Waals surface area contributed by atoms with Gasteiger partial charge in [0.15, 0.2) is 0 Å². The summed E-state index contributed by atoms with van der Waals surface area (Å²) in [5, 5.41) is 0. The lowest BCUT2D eigenvalue weighted by Crippen LogP contribution is -2.49. The summed E-state index contributed by atoms with van der Waals surface area (Å²) in [4.78, 5) is 14.6. The van der Waals surface area contributed by atoms with Crippen LogP contribution in [-0.4, -0.2) is 55.6 Å². The molecule has 0 aliphatic carbocycles. The van der Waals surface area contributed by atoms with Crippen LogP contribution in [0.4, 0.5) is 8.78 Å². The van der Waals surface area contributed by atoms with Crippen LogP contribution in [0.2, 0.25) is 0 Å². The number of sulfonamides is 1. The van der Waals surface area contributed by atoms with Gasteiger partial charge in [-0.05, 0) is 38.3 Å². The molecule has 0 spiro atoms. The predicted octanol–water partition coefficient (Wildman–Crippen LogP) is 2.71. The molecule has 0 bridgehead atoms. The highest BCUT2D eigenvalue weighted by atomic mass is 32.2. The average molecular weight is 380 g/mol. The summed E-state index contributed by atoms with van der Waals surface area (Å²) in [5.74, 6) is -0.522. The summed E-state index contributed by atoms with van der Waals surface area (Å²) >= 11 is 1.15. The Morgan fingerprint density at radius 2 is 2.17 bits per heavy atom. The summed E-state index contributed by atoms with van der Waals surface area (Å²) in [7, 11) is -3.77. The molecule has 1 amide bonds. The number of nitrogens with zero attached hydrogens (tertiary/aromatic N) is 2. The zero-order chi connectivity index (χ0) is 17.9. The molecule has 5 nitrogen and oxygen atoms in total. The summed E-state index contributed by atoms with van der Waals surface area (Å²) in [6.45, 7) is 3.39. The lowest BCUT2D eigenvalue weighted by atomic mass is 10.2. The Morgan fingerprint density at radius 3 is 2.71 bits per heavy atom. The molecule has 1 aromatic heterocycles. The van der Waals surface area contributed by atoms with E-state index in [2.05, 4.69) is 0 Å². The Hall–Kier alpha value is -1.06. The minimum Gasteiger partial charge on any atom is -0.336 e. The van der Waals surface area contributed by atoms with E-state index in [0.717, 1.165) is 21.1 Å². The number of hydrogen-bond acceptors (Lipinski definition) is 4. The SMILES string of the molecule is CCCN(CC(F)F)C(=O)C1CCCN1S(=O)(=O)c1ccc(C)s1. The largest absolute Gasteiger partial charge is 0.336 e. The van der Waals surface area contributed by atoms with E-state index in [4.69, 9.17) is 0 Å². The van der Waals surface area contributed by atoms with Crippen molar-refractivity contribution < 1.29 is 22.0 Å². The van der Waals surface area contributed by atoms with Crippen LogP contribution in [0, 0.1) is 6.92 Å². The van der Waals surface area contributed by atoms with Crippen LogP contribution >= 0.6 is 11.3 Å². The number of alkyl halides is 2. The van der Waals surface area contributed by atoms with Crippen LogP contribution < -0.4 is 0 Å². The minimum absolute atomic E-state index is 0.190. The number of hydrogen-bond donors (Lipinski definition) is 0. The summed E-state index contributed by atoms with van der Waals surface area (Å²) in [5.41, 5.74) is 0. The first kappa shape index (κ1) is 19.3. The number of amides is 1. The summed E-state index contributed by atoms with van der Waals surface area (Å²) < 4.78 is 52.4. The standard InChI is InChI=1S/C15H22F2N2O3S2/c1-3-8-18(10-13(16)17)15(20)12-5-4-9-19(12)24(21,22)14-7-6-11(2)23-14/h6-7,12-13H,3-5,8-10H2,1-2H3. The molecular weight excluding hydrogens is 358 g/mol. The van der Waals surface area contributed by atoms with Crippen LogP contribution in [0.1, 0.15) is 31.1 Å². The molecule has 9 heteroatoms. The van der Waals surface area contributed by atoms with Crippen LogP contribution in [-0.2, 0) is 14.8 Å². The van der Waals surface area contributed by atoms with Crippen molar-refractivity contribution in [3.8, 4) is 0 Å². The zero-order valence-electron chi connectivity index (χ0n) is 13.7. The molecule has 1 aliphatic heterocycles. The van der Waals surface area contributed by atoms with E-state index < -0.39 is 34.9 Å². The topological polar surface area (TPSA) is 57.7 Å². The quantitative estimate of drug-likeness (QED) is 0.731. The van der Waals surface area contributed by atoms with Crippen molar-refractivity contribution in [2.24, 2.45) is 0 Å². The highest BCUT2D eigenvalue weighted by molar-refractivity contribution is 7.91. The highest BCUT2D eigenvalue weighted by Crippen LogP contribution is 2.31. The van der Waals surface area contributed by atoms with Gasteiger partial charge < -0.3 is 4.90 Å². The average Bonchev–Trinajstić information content (AvgIpc) is 3.14. The van der Waals surface area contributed by atoms with Crippen LogP contribution in [0.15, 0.2) is 16.3 Å². The number of aryl methyl sites for hydroxylation is 1. The lowest BCUT2D eigenvalue weighted by molar-refractivity contribution is -0.136. The monoisotopic (exact) mass is 380 g/mol. The molecule has 1 aliphatic rings. The van der Waals surface area contributed by atoms with Gasteiger partial charge in [-0.2, -0.15) is 4.31 Å². The molecule has 24 heavy (non-hydrogen) atoms. The van der Waals surface area contributed by atoms with Crippen molar-refractivity contribution in [2.45, 2.75) is 49.8 Å². The molecular formula is C15H22F2N2O3S2. The maximum absolute atomic E-state index is 12.8. The summed E-state index contributed by atoms with van der Waals surface area (Å²) in [6.07, 6.45) is -1.17. The molecule has 2 rings (SSSR count). The normalized spacial score (nSPS) is 19.1. The van der Waals surface area contributed by atoms with E-state index >= 15 is 0 Å². The van der Waals surface area contributed by atoms with E-state index in [1.165, 1.54) is 10.4 Å². The Balaban J connectivity index is 2.24. The maximum atomic E-state index is 12.8. The van der Waals surface area contributed by atoms with Gasteiger partial charge in [-0.3, -0.25) is 4.79 Å². The number of carbonyl (C=O) groups is 1. The second-order valence-corrected chi connectivity index (χ2v) is 9.22. The van der Waals surface area contributed by atoms with Gasteiger partial charge in [0, 0.05) is 18.0 Å². The smallest absolute Gasteiger partial charge is 0.255 e. The van der Waals surface area contributed by atoms with Crippen LogP contribution in [0.25, 0.3) is 0 Å². The number of halogens is 2. The minimum atomic E-state index is -3.77. The summed E-state index contributed by atoms with van der Waals surface area (Å²) in [6, 6.07) is 2.35. The Kier molecular flexibility index (Phi) is 6.33. The molecule has 1 fully saturated rings. The Morgan fingerprint density at radius 1 is 1.46 bits per heavy atom. The maximum Gasteiger partial charge on any atom is 0.255 e. The van der Waals surface area contributed by atoms with E-state index in [-0.39, 0.29) is 17.3 Å². The predicted molar refractivity (Wildman–Crippen MR) is 88.8 cm³/mol. The van der Waals surface area contributed by atoms with Gasteiger partial charge in [0.1, 0.15) is 10.3 Å². The van der Waals surface area contributed by atoms with Gasteiger partial charge in [-0.15, -0.1) is 11.3 Å². The second-order valence-electron chi connectivity index (χ2n) is 5.81. The number of thiophene rings is 1. The van der Waals surface area contributed by atoms with Crippen molar-refractivity contribution in [1.29, 1.82) is 0 Å². The Bertz CT molecular complexity index is 676. The van der Waals surface area contributed by atoms with Crippen LogP contribution in [0.3, 0.4) is 0 Å². The van der Waals surface area contributed by atoms with E-state index in [9.17, 15) is 22.0 Å². The second kappa shape index (κ2) is 7.88. The van der Waals surface area contributed by atoms with Crippen molar-refractivity contribution in [3.63, 3.8) is 0 Å². The number of carbonyl (C=O) groups excluding carboxylic acids is 1. The van der Waals surface area contributed by atoms with Crippen molar-refractivity contribution >= 4 is 27.3 Å². The van der Waals surface area contributed by atoms with Gasteiger partial charge in [0.05, 0.1) is 6.54 Å². The van der Waals surface area contributed by atoms with E-state index in [1.807, 2.05) is 6.92 Å². The van der Waals surface area contributed by atoms with Crippen molar-refractivity contribution in [2.75, 3.05) is 19.6 Å². The molecule has 0 saturated carbocycles. The fourth-order valence-electron chi connectivity index (χ4n) is 2.88. The van der Waals surface area contributed by atoms with Gasteiger partial charge in [0.25, 0.3) is 16.4 Å². The third-order valence-corrected chi connectivity index (χ3v) is 7.31. The molecule has 1 atom stereocenters. The first-order valence-electron chi connectivity index (χ1n) is 7.92. The van der Waals surface area contributed by atoms with Gasteiger partial charge in [-0.25, -0.2) is 17.2 Å². The molecule has 0 radical (unpaired) electrons.